The third-order valence-corrected chi connectivity index (χ3v) is 6.26. The molecule has 0 radical (unpaired) electrons. The highest BCUT2D eigenvalue weighted by atomic mass is 32.2. The number of ketones is 1. The van der Waals surface area contributed by atoms with Crippen LogP contribution in [0.4, 0.5) is 0 Å². The highest BCUT2D eigenvalue weighted by molar-refractivity contribution is 7.91. The Morgan fingerprint density at radius 1 is 1.14 bits per heavy atom. The Morgan fingerprint density at radius 3 is 2.31 bits per heavy atom. The Morgan fingerprint density at radius 2 is 1.79 bits per heavy atom. The van der Waals surface area contributed by atoms with E-state index in [1.165, 1.54) is 11.8 Å². The quantitative estimate of drug-likeness (QED) is 0.436. The lowest BCUT2D eigenvalue weighted by atomic mass is 10.1. The summed E-state index contributed by atoms with van der Waals surface area (Å²) in [6.45, 7) is 4.87. The molecule has 9 heteroatoms. The Hall–Kier alpha value is -2.42. The third kappa shape index (κ3) is 7.16. The van der Waals surface area contributed by atoms with Crippen LogP contribution < -0.4 is 4.74 Å². The van der Waals surface area contributed by atoms with Crippen molar-refractivity contribution in [3.8, 4) is 5.75 Å². The zero-order valence-corrected chi connectivity index (χ0v) is 17.7. The highest BCUT2D eigenvalue weighted by Crippen LogP contribution is 2.19. The smallest absolute Gasteiger partial charge is 0.344 e. The molecule has 1 saturated heterocycles. The standard InChI is InChI=1S/C20H27NO7S/c1-14(2)10-21(17-8-9-29(25,26)13-17)19(23)11-28-20(24)12-27-18-6-4-16(5-7-18)15(3)22/h4-7,14,17H,8-13H2,1-3H3. The van der Waals surface area contributed by atoms with Gasteiger partial charge < -0.3 is 14.4 Å². The van der Waals surface area contributed by atoms with Crippen molar-refractivity contribution in [1.29, 1.82) is 0 Å². The minimum atomic E-state index is -3.13. The zero-order chi connectivity index (χ0) is 21.6. The lowest BCUT2D eigenvalue weighted by Gasteiger charge is -2.29. The molecule has 2 rings (SSSR count). The molecule has 1 aliphatic rings. The zero-order valence-electron chi connectivity index (χ0n) is 16.9. The fourth-order valence-electron chi connectivity index (χ4n) is 3.06. The monoisotopic (exact) mass is 425 g/mol. The first kappa shape index (κ1) is 22.9. The number of Topliss-reactive ketones (excluding diaryl/α,β-unsaturated/α-hetero) is 1. The summed E-state index contributed by atoms with van der Waals surface area (Å²) in [6, 6.07) is 5.93. The van der Waals surface area contributed by atoms with Crippen molar-refractivity contribution in [3.63, 3.8) is 0 Å². The summed E-state index contributed by atoms with van der Waals surface area (Å²) in [6.07, 6.45) is 0.397. The van der Waals surface area contributed by atoms with Gasteiger partial charge in [-0.15, -0.1) is 0 Å². The Balaban J connectivity index is 1.85. The van der Waals surface area contributed by atoms with E-state index in [2.05, 4.69) is 0 Å². The van der Waals surface area contributed by atoms with Gasteiger partial charge in [-0.2, -0.15) is 0 Å². The van der Waals surface area contributed by atoms with E-state index in [4.69, 9.17) is 9.47 Å². The molecule has 1 atom stereocenters. The van der Waals surface area contributed by atoms with Crippen LogP contribution >= 0.6 is 0 Å². The number of hydrogen-bond donors (Lipinski definition) is 0. The Bertz CT molecular complexity index is 846. The first-order valence-electron chi connectivity index (χ1n) is 9.46. The van der Waals surface area contributed by atoms with Crippen LogP contribution in [0.5, 0.6) is 5.75 Å². The molecule has 160 valence electrons. The first-order chi connectivity index (χ1) is 13.6. The van der Waals surface area contributed by atoms with Crippen LogP contribution in [0.25, 0.3) is 0 Å². The van der Waals surface area contributed by atoms with Gasteiger partial charge in [-0.25, -0.2) is 13.2 Å². The SMILES string of the molecule is CC(=O)c1ccc(OCC(=O)OCC(=O)N(CC(C)C)C2CCS(=O)(=O)C2)cc1. The van der Waals surface area contributed by atoms with E-state index >= 15 is 0 Å². The summed E-state index contributed by atoms with van der Waals surface area (Å²) in [5.74, 6) is -0.642. The number of benzene rings is 1. The van der Waals surface area contributed by atoms with Gasteiger partial charge in [0.05, 0.1) is 11.5 Å². The molecule has 0 spiro atoms. The van der Waals surface area contributed by atoms with Crippen LogP contribution in [0.2, 0.25) is 0 Å². The molecule has 1 unspecified atom stereocenters. The molecule has 29 heavy (non-hydrogen) atoms. The summed E-state index contributed by atoms with van der Waals surface area (Å²) in [5, 5.41) is 0. The van der Waals surface area contributed by atoms with Gasteiger partial charge in [0.2, 0.25) is 0 Å². The van der Waals surface area contributed by atoms with Gasteiger partial charge in [0.15, 0.2) is 28.8 Å². The molecule has 1 aromatic carbocycles. The molecule has 0 saturated carbocycles. The van der Waals surface area contributed by atoms with Crippen LogP contribution in [-0.4, -0.2) is 68.3 Å². The molecule has 8 nitrogen and oxygen atoms in total. The molecule has 0 aliphatic carbocycles. The Labute approximate surface area is 171 Å². The molecule has 1 aromatic rings. The van der Waals surface area contributed by atoms with Crippen molar-refractivity contribution in [2.45, 2.75) is 33.2 Å². The van der Waals surface area contributed by atoms with E-state index in [9.17, 15) is 22.8 Å². The van der Waals surface area contributed by atoms with Crippen LogP contribution in [0.15, 0.2) is 24.3 Å². The molecular weight excluding hydrogens is 398 g/mol. The van der Waals surface area contributed by atoms with Gasteiger partial charge in [-0.1, -0.05) is 13.8 Å². The van der Waals surface area contributed by atoms with E-state index in [0.717, 1.165) is 0 Å². The molecule has 0 aromatic heterocycles. The average Bonchev–Trinajstić information content (AvgIpc) is 3.02. The van der Waals surface area contributed by atoms with Crippen molar-refractivity contribution in [3.05, 3.63) is 29.8 Å². The Kier molecular flexibility index (Phi) is 7.78. The summed E-state index contributed by atoms with van der Waals surface area (Å²) >= 11 is 0. The van der Waals surface area contributed by atoms with Crippen LogP contribution in [-0.2, 0) is 24.2 Å². The second kappa shape index (κ2) is 9.87. The third-order valence-electron chi connectivity index (χ3n) is 4.51. The van der Waals surface area contributed by atoms with Crippen LogP contribution in [0.1, 0.15) is 37.6 Å². The predicted molar refractivity (Wildman–Crippen MR) is 107 cm³/mol. The molecular formula is C20H27NO7S. The summed E-state index contributed by atoms with van der Waals surface area (Å²) in [7, 11) is -3.13. The molecule has 0 bridgehead atoms. The van der Waals surface area contributed by atoms with Gasteiger partial charge in [0.25, 0.3) is 5.91 Å². The predicted octanol–water partition coefficient (Wildman–Crippen LogP) is 1.48. The van der Waals surface area contributed by atoms with E-state index in [0.29, 0.717) is 24.3 Å². The number of nitrogens with zero attached hydrogens (tertiary/aromatic N) is 1. The van der Waals surface area contributed by atoms with Crippen molar-refractivity contribution >= 4 is 27.5 Å². The maximum atomic E-state index is 12.5. The molecule has 1 heterocycles. The van der Waals surface area contributed by atoms with E-state index < -0.39 is 28.3 Å². The molecule has 1 aliphatic heterocycles. The van der Waals surface area contributed by atoms with E-state index in [1.807, 2.05) is 13.8 Å². The number of rotatable bonds is 9. The van der Waals surface area contributed by atoms with Crippen LogP contribution in [0, 0.1) is 5.92 Å². The minimum Gasteiger partial charge on any atom is -0.482 e. The number of hydrogen-bond acceptors (Lipinski definition) is 7. The number of carbonyl (C=O) groups excluding carboxylic acids is 3. The summed E-state index contributed by atoms with van der Waals surface area (Å²) in [4.78, 5) is 37.2. The number of esters is 1. The number of sulfone groups is 1. The van der Waals surface area contributed by atoms with Gasteiger partial charge in [-0.3, -0.25) is 9.59 Å². The summed E-state index contributed by atoms with van der Waals surface area (Å²) in [5.41, 5.74) is 0.532. The minimum absolute atomic E-state index is 0.0568. The largest absolute Gasteiger partial charge is 0.482 e. The van der Waals surface area contributed by atoms with E-state index in [1.54, 1.807) is 24.3 Å². The molecule has 0 N–H and O–H groups in total. The van der Waals surface area contributed by atoms with Crippen molar-refractivity contribution in [2.24, 2.45) is 5.92 Å². The van der Waals surface area contributed by atoms with Gasteiger partial charge in [0, 0.05) is 18.2 Å². The maximum absolute atomic E-state index is 12.5. The van der Waals surface area contributed by atoms with Crippen molar-refractivity contribution in [2.75, 3.05) is 31.3 Å². The molecule has 1 fully saturated rings. The number of ether oxygens (including phenoxy) is 2. The lowest BCUT2D eigenvalue weighted by Crippen LogP contribution is -2.45. The van der Waals surface area contributed by atoms with Gasteiger partial charge in [0.1, 0.15) is 5.75 Å². The normalized spacial score (nSPS) is 17.7. The lowest BCUT2D eigenvalue weighted by molar-refractivity contribution is -0.154. The van der Waals surface area contributed by atoms with Crippen molar-refractivity contribution in [1.82, 2.24) is 4.90 Å². The molecule has 1 amide bonds. The van der Waals surface area contributed by atoms with Gasteiger partial charge in [-0.05, 0) is 43.5 Å². The summed E-state index contributed by atoms with van der Waals surface area (Å²) < 4.78 is 33.8. The van der Waals surface area contributed by atoms with Gasteiger partial charge >= 0.3 is 5.97 Å². The second-order valence-electron chi connectivity index (χ2n) is 7.53. The number of amides is 1. The first-order valence-corrected chi connectivity index (χ1v) is 11.3. The fourth-order valence-corrected chi connectivity index (χ4v) is 4.79. The fraction of sp³-hybridized carbons (Fsp3) is 0.550. The number of carbonyl (C=O) groups is 3. The maximum Gasteiger partial charge on any atom is 0.344 e. The van der Waals surface area contributed by atoms with Crippen molar-refractivity contribution < 1.29 is 32.3 Å². The van der Waals surface area contributed by atoms with Crippen LogP contribution in [0.3, 0.4) is 0 Å². The highest BCUT2D eigenvalue weighted by Gasteiger charge is 2.35. The second-order valence-corrected chi connectivity index (χ2v) is 9.76. The average molecular weight is 426 g/mol. The topological polar surface area (TPSA) is 107 Å². The van der Waals surface area contributed by atoms with E-state index in [-0.39, 0.29) is 35.9 Å².